The molecule has 2 rings (SSSR count). The van der Waals surface area contributed by atoms with Crippen LogP contribution in [0.15, 0.2) is 0 Å². The van der Waals surface area contributed by atoms with Gasteiger partial charge in [-0.3, -0.25) is 4.79 Å². The zero-order valence-corrected chi connectivity index (χ0v) is 10.7. The summed E-state index contributed by atoms with van der Waals surface area (Å²) in [5.41, 5.74) is 0. The zero-order valence-electron chi connectivity index (χ0n) is 10.7. The van der Waals surface area contributed by atoms with Gasteiger partial charge in [0.2, 0.25) is 5.91 Å². The molecule has 17 heavy (non-hydrogen) atoms. The van der Waals surface area contributed by atoms with Crippen LogP contribution in [0.2, 0.25) is 0 Å². The van der Waals surface area contributed by atoms with Gasteiger partial charge in [0.05, 0.1) is 0 Å². The van der Waals surface area contributed by atoms with Crippen molar-refractivity contribution < 1.29 is 9.53 Å². The Balaban J connectivity index is 1.65. The second kappa shape index (κ2) is 6.36. The highest BCUT2D eigenvalue weighted by Crippen LogP contribution is 2.21. The maximum absolute atomic E-state index is 12.0. The quantitative estimate of drug-likeness (QED) is 0.768. The molecule has 2 fully saturated rings. The summed E-state index contributed by atoms with van der Waals surface area (Å²) in [7, 11) is 0. The van der Waals surface area contributed by atoms with Gasteiger partial charge in [-0.15, -0.1) is 0 Å². The van der Waals surface area contributed by atoms with E-state index in [-0.39, 0.29) is 11.8 Å². The van der Waals surface area contributed by atoms with Crippen LogP contribution < -0.4 is 10.6 Å². The average Bonchev–Trinajstić information content (AvgIpc) is 2.82. The van der Waals surface area contributed by atoms with Crippen LogP contribution in [0.3, 0.4) is 0 Å². The van der Waals surface area contributed by atoms with E-state index in [1.165, 1.54) is 12.8 Å². The van der Waals surface area contributed by atoms with E-state index < -0.39 is 0 Å². The van der Waals surface area contributed by atoms with Crippen molar-refractivity contribution in [3.8, 4) is 0 Å². The Morgan fingerprint density at radius 1 is 1.47 bits per heavy atom. The minimum absolute atomic E-state index is 0.153. The molecule has 0 saturated carbocycles. The molecule has 0 aromatic rings. The molecule has 98 valence electrons. The minimum atomic E-state index is 0.153. The fraction of sp³-hybridized carbons (Fsp3) is 0.923. The summed E-state index contributed by atoms with van der Waals surface area (Å²) >= 11 is 0. The van der Waals surface area contributed by atoms with Gasteiger partial charge in [-0.05, 0) is 38.1 Å². The Hall–Kier alpha value is -0.610. The topological polar surface area (TPSA) is 50.4 Å². The molecule has 2 N–H and O–H groups in total. The summed E-state index contributed by atoms with van der Waals surface area (Å²) in [6.07, 6.45) is 4.46. The van der Waals surface area contributed by atoms with Gasteiger partial charge >= 0.3 is 0 Å². The molecule has 0 aromatic carbocycles. The normalized spacial score (nSPS) is 33.6. The van der Waals surface area contributed by atoms with Crippen LogP contribution in [-0.2, 0) is 9.53 Å². The van der Waals surface area contributed by atoms with E-state index in [4.69, 9.17) is 4.74 Å². The van der Waals surface area contributed by atoms with E-state index in [1.54, 1.807) is 0 Å². The molecule has 0 radical (unpaired) electrons. The summed E-state index contributed by atoms with van der Waals surface area (Å²) in [6.45, 7) is 5.49. The molecule has 2 aliphatic heterocycles. The first-order valence-corrected chi connectivity index (χ1v) is 6.86. The van der Waals surface area contributed by atoms with Gasteiger partial charge in [0.15, 0.2) is 0 Å². The molecule has 3 unspecified atom stereocenters. The van der Waals surface area contributed by atoms with Crippen molar-refractivity contribution in [3.05, 3.63) is 0 Å². The molecule has 2 heterocycles. The van der Waals surface area contributed by atoms with Crippen molar-refractivity contribution in [2.24, 2.45) is 11.8 Å². The van der Waals surface area contributed by atoms with Crippen molar-refractivity contribution in [1.82, 2.24) is 10.6 Å². The van der Waals surface area contributed by atoms with Crippen LogP contribution in [0.1, 0.15) is 32.6 Å². The van der Waals surface area contributed by atoms with Crippen molar-refractivity contribution in [3.63, 3.8) is 0 Å². The Labute approximate surface area is 103 Å². The Morgan fingerprint density at radius 3 is 3.06 bits per heavy atom. The van der Waals surface area contributed by atoms with Crippen LogP contribution in [0.5, 0.6) is 0 Å². The summed E-state index contributed by atoms with van der Waals surface area (Å²) in [5, 5.41) is 6.52. The van der Waals surface area contributed by atoms with E-state index in [1.807, 2.05) is 0 Å². The first-order valence-electron chi connectivity index (χ1n) is 6.86. The first-order chi connectivity index (χ1) is 8.27. The number of hydrogen-bond donors (Lipinski definition) is 2. The summed E-state index contributed by atoms with van der Waals surface area (Å²) in [4.78, 5) is 12.0. The minimum Gasteiger partial charge on any atom is -0.381 e. The van der Waals surface area contributed by atoms with E-state index in [9.17, 15) is 4.79 Å². The number of carbonyl (C=O) groups is 1. The highest BCUT2D eigenvalue weighted by Gasteiger charge is 2.28. The Kier molecular flexibility index (Phi) is 4.80. The van der Waals surface area contributed by atoms with Gasteiger partial charge in [-0.25, -0.2) is 0 Å². The predicted molar refractivity (Wildman–Crippen MR) is 66.7 cm³/mol. The van der Waals surface area contributed by atoms with Gasteiger partial charge in [0.1, 0.15) is 0 Å². The van der Waals surface area contributed by atoms with Gasteiger partial charge in [0, 0.05) is 31.7 Å². The monoisotopic (exact) mass is 240 g/mol. The molecule has 2 aliphatic rings. The number of ether oxygens (including phenoxy) is 1. The van der Waals surface area contributed by atoms with Crippen LogP contribution in [0, 0.1) is 11.8 Å². The fourth-order valence-corrected chi connectivity index (χ4v) is 2.77. The molecule has 1 amide bonds. The fourth-order valence-electron chi connectivity index (χ4n) is 2.77. The third kappa shape index (κ3) is 3.68. The molecular weight excluding hydrogens is 216 g/mol. The first kappa shape index (κ1) is 12.8. The van der Waals surface area contributed by atoms with Gasteiger partial charge in [-0.2, -0.15) is 0 Å². The smallest absolute Gasteiger partial charge is 0.223 e. The van der Waals surface area contributed by atoms with Gasteiger partial charge in [0.25, 0.3) is 0 Å². The lowest BCUT2D eigenvalue weighted by Gasteiger charge is -2.27. The van der Waals surface area contributed by atoms with Gasteiger partial charge < -0.3 is 15.4 Å². The molecule has 0 aliphatic carbocycles. The Morgan fingerprint density at radius 2 is 2.35 bits per heavy atom. The number of rotatable bonds is 4. The SMILES string of the molecule is CC1COCCC1C(=O)NCCC1CCCN1. The molecule has 0 spiro atoms. The van der Waals surface area contributed by atoms with Crippen LogP contribution in [0.4, 0.5) is 0 Å². The lowest BCUT2D eigenvalue weighted by Crippen LogP contribution is -2.40. The molecule has 4 nitrogen and oxygen atoms in total. The highest BCUT2D eigenvalue weighted by molar-refractivity contribution is 5.78. The second-order valence-electron chi connectivity index (χ2n) is 5.32. The summed E-state index contributed by atoms with van der Waals surface area (Å²) in [6, 6.07) is 0.613. The van der Waals surface area contributed by atoms with E-state index in [0.717, 1.165) is 39.1 Å². The van der Waals surface area contributed by atoms with Crippen molar-refractivity contribution in [1.29, 1.82) is 0 Å². The largest absolute Gasteiger partial charge is 0.381 e. The molecule has 4 heteroatoms. The molecular formula is C13H24N2O2. The van der Waals surface area contributed by atoms with Crippen molar-refractivity contribution in [2.45, 2.75) is 38.6 Å². The summed E-state index contributed by atoms with van der Waals surface area (Å²) < 4.78 is 5.36. The van der Waals surface area contributed by atoms with Crippen LogP contribution in [0.25, 0.3) is 0 Å². The second-order valence-corrected chi connectivity index (χ2v) is 5.32. The number of amides is 1. The Bertz CT molecular complexity index is 252. The van der Waals surface area contributed by atoms with Crippen LogP contribution in [-0.4, -0.2) is 38.3 Å². The average molecular weight is 240 g/mol. The third-order valence-electron chi connectivity index (χ3n) is 3.93. The molecule has 0 bridgehead atoms. The van der Waals surface area contributed by atoms with Gasteiger partial charge in [-0.1, -0.05) is 6.92 Å². The standard InChI is InChI=1S/C13H24N2O2/c1-10-9-17-8-5-12(10)13(16)15-7-4-11-3-2-6-14-11/h10-12,14H,2-9H2,1H3,(H,15,16). The van der Waals surface area contributed by atoms with Crippen molar-refractivity contribution >= 4 is 5.91 Å². The molecule has 2 saturated heterocycles. The van der Waals surface area contributed by atoms with Crippen LogP contribution >= 0.6 is 0 Å². The molecule has 3 atom stereocenters. The maximum atomic E-state index is 12.0. The van der Waals surface area contributed by atoms with E-state index >= 15 is 0 Å². The maximum Gasteiger partial charge on any atom is 0.223 e. The van der Waals surface area contributed by atoms with E-state index in [0.29, 0.717) is 12.0 Å². The third-order valence-corrected chi connectivity index (χ3v) is 3.93. The zero-order chi connectivity index (χ0) is 12.1. The predicted octanol–water partition coefficient (Wildman–Crippen LogP) is 0.917. The molecule has 0 aromatic heterocycles. The number of carbonyl (C=O) groups excluding carboxylic acids is 1. The lowest BCUT2D eigenvalue weighted by molar-refractivity contribution is -0.130. The highest BCUT2D eigenvalue weighted by atomic mass is 16.5. The lowest BCUT2D eigenvalue weighted by atomic mass is 9.89. The van der Waals surface area contributed by atoms with Crippen molar-refractivity contribution in [2.75, 3.05) is 26.3 Å². The number of hydrogen-bond acceptors (Lipinski definition) is 3. The summed E-state index contributed by atoms with van der Waals surface area (Å²) in [5.74, 6) is 0.729. The van der Waals surface area contributed by atoms with E-state index in [2.05, 4.69) is 17.6 Å². The number of nitrogens with one attached hydrogen (secondary N) is 2.